The summed E-state index contributed by atoms with van der Waals surface area (Å²) in [4.78, 5) is 22.3. The Morgan fingerprint density at radius 1 is 1.23 bits per heavy atom. The Balaban J connectivity index is 2.45. The quantitative estimate of drug-likeness (QED) is 0.816. The molecule has 1 aromatic carbocycles. The molecule has 0 saturated carbocycles. The van der Waals surface area contributed by atoms with E-state index in [9.17, 15) is 22.8 Å². The standard InChI is InChI=1S/C13H11BrF3NO4/c1-21-7-3-5-6(4-8(7)22-2)11(19)9(14)10(5)18-12(20)13(15,16)17/h3-4,9-10H,1-2H3,(H,18,20)/t9-,10+/m0/s1. The highest BCUT2D eigenvalue weighted by atomic mass is 79.9. The number of ketones is 1. The van der Waals surface area contributed by atoms with E-state index in [4.69, 9.17) is 9.47 Å². The van der Waals surface area contributed by atoms with Crippen molar-refractivity contribution in [2.45, 2.75) is 17.0 Å². The Kier molecular flexibility index (Phi) is 4.37. The molecule has 2 rings (SSSR count). The Hall–Kier alpha value is -1.77. The van der Waals surface area contributed by atoms with Gasteiger partial charge in [0.2, 0.25) is 0 Å². The first kappa shape index (κ1) is 16.6. The summed E-state index contributed by atoms with van der Waals surface area (Å²) in [7, 11) is 2.73. The largest absolute Gasteiger partial charge is 0.493 e. The van der Waals surface area contributed by atoms with Crippen LogP contribution in [0.5, 0.6) is 11.5 Å². The van der Waals surface area contributed by atoms with Crippen molar-refractivity contribution in [2.75, 3.05) is 14.2 Å². The predicted molar refractivity (Wildman–Crippen MR) is 73.5 cm³/mol. The molecule has 0 fully saturated rings. The van der Waals surface area contributed by atoms with E-state index in [1.807, 2.05) is 5.32 Å². The van der Waals surface area contributed by atoms with Gasteiger partial charge < -0.3 is 14.8 Å². The number of hydrogen-bond donors (Lipinski definition) is 1. The molecular weight excluding hydrogens is 371 g/mol. The molecule has 0 saturated heterocycles. The van der Waals surface area contributed by atoms with Crippen molar-refractivity contribution in [2.24, 2.45) is 0 Å². The first-order chi connectivity index (χ1) is 10.2. The van der Waals surface area contributed by atoms with Crippen LogP contribution < -0.4 is 14.8 Å². The maximum atomic E-state index is 12.4. The lowest BCUT2D eigenvalue weighted by Crippen LogP contribution is -2.41. The van der Waals surface area contributed by atoms with Crippen LogP contribution in [0, 0.1) is 0 Å². The lowest BCUT2D eigenvalue weighted by atomic mass is 10.1. The van der Waals surface area contributed by atoms with E-state index in [0.29, 0.717) is 0 Å². The lowest BCUT2D eigenvalue weighted by Gasteiger charge is -2.18. The van der Waals surface area contributed by atoms with Gasteiger partial charge in [-0.05, 0) is 17.7 Å². The van der Waals surface area contributed by atoms with E-state index in [-0.39, 0.29) is 22.6 Å². The van der Waals surface area contributed by atoms with Crippen molar-refractivity contribution in [1.82, 2.24) is 5.32 Å². The number of halogens is 4. The molecule has 0 spiro atoms. The molecule has 1 aromatic rings. The minimum atomic E-state index is -5.03. The van der Waals surface area contributed by atoms with Crippen LogP contribution in [0.15, 0.2) is 12.1 Å². The molecule has 1 aliphatic carbocycles. The lowest BCUT2D eigenvalue weighted by molar-refractivity contribution is -0.174. The molecular formula is C13H11BrF3NO4. The summed E-state index contributed by atoms with van der Waals surface area (Å²) in [5, 5.41) is 1.82. The third-order valence-electron chi connectivity index (χ3n) is 3.24. The van der Waals surface area contributed by atoms with Gasteiger partial charge in [0.1, 0.15) is 4.83 Å². The van der Waals surface area contributed by atoms with Gasteiger partial charge in [-0.15, -0.1) is 0 Å². The highest BCUT2D eigenvalue weighted by Gasteiger charge is 2.45. The van der Waals surface area contributed by atoms with Crippen molar-refractivity contribution in [3.63, 3.8) is 0 Å². The number of alkyl halides is 4. The second-order valence-corrected chi connectivity index (χ2v) is 5.50. The van der Waals surface area contributed by atoms with Gasteiger partial charge in [-0.25, -0.2) is 0 Å². The Morgan fingerprint density at radius 3 is 2.27 bits per heavy atom. The summed E-state index contributed by atoms with van der Waals surface area (Å²) in [5.74, 6) is -2.03. The van der Waals surface area contributed by atoms with Crippen LogP contribution in [0.1, 0.15) is 22.0 Å². The molecule has 0 radical (unpaired) electrons. The number of Topliss-reactive ketones (excluding diaryl/α,β-unsaturated/α-hetero) is 1. The molecule has 0 aromatic heterocycles. The van der Waals surface area contributed by atoms with E-state index in [1.165, 1.54) is 26.4 Å². The monoisotopic (exact) mass is 381 g/mol. The average molecular weight is 382 g/mol. The van der Waals surface area contributed by atoms with E-state index in [0.717, 1.165) is 0 Å². The van der Waals surface area contributed by atoms with Crippen LogP contribution in [0.3, 0.4) is 0 Å². The van der Waals surface area contributed by atoms with Gasteiger partial charge in [-0.3, -0.25) is 9.59 Å². The number of carbonyl (C=O) groups is 2. The predicted octanol–water partition coefficient (Wildman–Crippen LogP) is 2.38. The minimum Gasteiger partial charge on any atom is -0.493 e. The van der Waals surface area contributed by atoms with Gasteiger partial charge in [0.25, 0.3) is 0 Å². The number of fused-ring (bicyclic) bond motifs is 1. The molecule has 0 heterocycles. The summed E-state index contributed by atoms with van der Waals surface area (Å²) in [6.45, 7) is 0. The number of nitrogens with one attached hydrogen (secondary N) is 1. The van der Waals surface area contributed by atoms with E-state index >= 15 is 0 Å². The summed E-state index contributed by atoms with van der Waals surface area (Å²) in [5.41, 5.74) is 0.411. The van der Waals surface area contributed by atoms with Crippen LogP contribution >= 0.6 is 15.9 Å². The van der Waals surface area contributed by atoms with E-state index in [2.05, 4.69) is 15.9 Å². The van der Waals surface area contributed by atoms with Crippen LogP contribution in [-0.4, -0.2) is 36.9 Å². The zero-order valence-electron chi connectivity index (χ0n) is 11.5. The first-order valence-corrected chi connectivity index (χ1v) is 6.94. The zero-order valence-corrected chi connectivity index (χ0v) is 13.0. The van der Waals surface area contributed by atoms with Gasteiger partial charge in [0, 0.05) is 5.56 Å². The summed E-state index contributed by atoms with van der Waals surface area (Å²) in [6, 6.07) is 1.62. The first-order valence-electron chi connectivity index (χ1n) is 6.02. The van der Waals surface area contributed by atoms with Gasteiger partial charge >= 0.3 is 12.1 Å². The molecule has 1 aliphatic rings. The third kappa shape index (κ3) is 2.77. The van der Waals surface area contributed by atoms with Crippen LogP contribution in [0.4, 0.5) is 13.2 Å². The van der Waals surface area contributed by atoms with Crippen LogP contribution in [0.2, 0.25) is 0 Å². The normalized spacial score (nSPS) is 20.5. The summed E-state index contributed by atoms with van der Waals surface area (Å²) >= 11 is 3.03. The molecule has 22 heavy (non-hydrogen) atoms. The number of amides is 1. The SMILES string of the molecule is COc1cc2c(cc1OC)[C@@H](NC(=O)C(F)(F)F)[C@H](Br)C2=O. The van der Waals surface area contributed by atoms with E-state index in [1.54, 1.807) is 0 Å². The molecule has 1 N–H and O–H groups in total. The van der Waals surface area contributed by atoms with Crippen molar-refractivity contribution in [1.29, 1.82) is 0 Å². The number of benzene rings is 1. The Morgan fingerprint density at radius 2 is 1.77 bits per heavy atom. The molecule has 9 heteroatoms. The summed E-state index contributed by atoms with van der Waals surface area (Å²) < 4.78 is 47.4. The maximum Gasteiger partial charge on any atom is 0.471 e. The highest BCUT2D eigenvalue weighted by molar-refractivity contribution is 9.10. The number of ether oxygens (including phenoxy) is 2. The van der Waals surface area contributed by atoms with E-state index < -0.39 is 28.7 Å². The maximum absolute atomic E-state index is 12.4. The second kappa shape index (κ2) is 5.79. The minimum absolute atomic E-state index is 0.173. The number of rotatable bonds is 3. The second-order valence-electron chi connectivity index (χ2n) is 4.51. The highest BCUT2D eigenvalue weighted by Crippen LogP contribution is 2.42. The van der Waals surface area contributed by atoms with Crippen molar-refractivity contribution in [3.8, 4) is 11.5 Å². The molecule has 5 nitrogen and oxygen atoms in total. The number of methoxy groups -OCH3 is 2. The number of hydrogen-bond acceptors (Lipinski definition) is 4. The Bertz CT molecular complexity index is 632. The molecule has 0 unspecified atom stereocenters. The fraction of sp³-hybridized carbons (Fsp3) is 0.385. The molecule has 2 atom stereocenters. The summed E-state index contributed by atoms with van der Waals surface area (Å²) in [6.07, 6.45) is -5.03. The molecule has 0 bridgehead atoms. The molecule has 120 valence electrons. The fourth-order valence-electron chi connectivity index (χ4n) is 2.20. The Labute approximate surface area is 131 Å². The zero-order chi connectivity index (χ0) is 16.7. The molecule has 1 amide bonds. The van der Waals surface area contributed by atoms with Gasteiger partial charge in [-0.1, -0.05) is 15.9 Å². The third-order valence-corrected chi connectivity index (χ3v) is 4.19. The van der Waals surface area contributed by atoms with Gasteiger partial charge in [0.15, 0.2) is 17.3 Å². The van der Waals surface area contributed by atoms with Crippen LogP contribution in [-0.2, 0) is 4.79 Å². The smallest absolute Gasteiger partial charge is 0.471 e. The van der Waals surface area contributed by atoms with Crippen molar-refractivity contribution < 1.29 is 32.2 Å². The molecule has 0 aliphatic heterocycles. The van der Waals surface area contributed by atoms with Crippen molar-refractivity contribution >= 4 is 27.6 Å². The average Bonchev–Trinajstić information content (AvgIpc) is 2.69. The van der Waals surface area contributed by atoms with Crippen LogP contribution in [0.25, 0.3) is 0 Å². The topological polar surface area (TPSA) is 64.6 Å². The van der Waals surface area contributed by atoms with Crippen molar-refractivity contribution in [3.05, 3.63) is 23.3 Å². The number of carbonyl (C=O) groups excluding carboxylic acids is 2. The van der Waals surface area contributed by atoms with Gasteiger partial charge in [-0.2, -0.15) is 13.2 Å². The van der Waals surface area contributed by atoms with Gasteiger partial charge in [0.05, 0.1) is 20.3 Å². The fourth-order valence-corrected chi connectivity index (χ4v) is 2.86.